The molecule has 0 saturated heterocycles. The topological polar surface area (TPSA) is 59.3 Å². The summed E-state index contributed by atoms with van der Waals surface area (Å²) < 4.78 is 10.8. The van der Waals surface area contributed by atoms with Crippen LogP contribution in [0.25, 0.3) is 0 Å². The van der Waals surface area contributed by atoms with Crippen molar-refractivity contribution in [1.29, 1.82) is 5.26 Å². The number of carbonyl (C=O) groups is 1. The van der Waals surface area contributed by atoms with Gasteiger partial charge in [0.2, 0.25) is 0 Å². The van der Waals surface area contributed by atoms with E-state index in [1.165, 1.54) is 5.56 Å². The normalized spacial score (nSPS) is 11.6. The molecule has 2 rings (SSSR count). The molecule has 0 aliphatic heterocycles. The van der Waals surface area contributed by atoms with Gasteiger partial charge in [-0.05, 0) is 48.2 Å². The Hall–Kier alpha value is -2.80. The first kappa shape index (κ1) is 17.6. The van der Waals surface area contributed by atoms with Crippen molar-refractivity contribution in [2.75, 3.05) is 0 Å². The van der Waals surface area contributed by atoms with E-state index in [9.17, 15) is 4.79 Å². The van der Waals surface area contributed by atoms with Crippen LogP contribution in [0.4, 0.5) is 0 Å². The van der Waals surface area contributed by atoms with Gasteiger partial charge in [-0.15, -0.1) is 0 Å². The van der Waals surface area contributed by atoms with Crippen LogP contribution >= 0.6 is 0 Å². The van der Waals surface area contributed by atoms with E-state index < -0.39 is 12.1 Å². The summed E-state index contributed by atoms with van der Waals surface area (Å²) in [4.78, 5) is 12.0. The van der Waals surface area contributed by atoms with Gasteiger partial charge < -0.3 is 9.47 Å². The molecular weight excluding hydrogens is 302 g/mol. The minimum absolute atomic E-state index is 0.221. The molecule has 0 heterocycles. The highest BCUT2D eigenvalue weighted by Crippen LogP contribution is 2.16. The van der Waals surface area contributed by atoms with Crippen molar-refractivity contribution in [3.05, 3.63) is 65.2 Å². The third-order valence-corrected chi connectivity index (χ3v) is 3.66. The number of esters is 1. The molecule has 4 nitrogen and oxygen atoms in total. The molecule has 0 bridgehead atoms. The van der Waals surface area contributed by atoms with Crippen LogP contribution in [0, 0.1) is 11.3 Å². The highest BCUT2D eigenvalue weighted by atomic mass is 16.6. The second kappa shape index (κ2) is 8.16. The number of rotatable bonds is 6. The van der Waals surface area contributed by atoms with Gasteiger partial charge >= 0.3 is 5.97 Å². The fraction of sp³-hybridized carbons (Fsp3) is 0.300. The van der Waals surface area contributed by atoms with Gasteiger partial charge in [0.05, 0.1) is 11.6 Å². The average molecular weight is 323 g/mol. The fourth-order valence-electron chi connectivity index (χ4n) is 2.13. The molecule has 0 fully saturated rings. The zero-order valence-corrected chi connectivity index (χ0v) is 14.2. The first-order valence-corrected chi connectivity index (χ1v) is 7.92. The smallest absolute Gasteiger partial charge is 0.347 e. The predicted octanol–water partition coefficient (Wildman–Crippen LogP) is 4.19. The van der Waals surface area contributed by atoms with Crippen molar-refractivity contribution < 1.29 is 14.3 Å². The van der Waals surface area contributed by atoms with Crippen molar-refractivity contribution in [2.24, 2.45) is 0 Å². The monoisotopic (exact) mass is 323 g/mol. The Morgan fingerprint density at radius 3 is 2.21 bits per heavy atom. The molecule has 2 aromatic rings. The summed E-state index contributed by atoms with van der Waals surface area (Å²) in [5.41, 5.74) is 2.74. The Morgan fingerprint density at radius 1 is 1.04 bits per heavy atom. The number of ether oxygens (including phenoxy) is 2. The molecule has 0 spiro atoms. The van der Waals surface area contributed by atoms with Gasteiger partial charge in [0.25, 0.3) is 0 Å². The highest BCUT2D eigenvalue weighted by molar-refractivity contribution is 5.74. The quantitative estimate of drug-likeness (QED) is 0.748. The number of carbonyl (C=O) groups excluding carboxylic acids is 1. The molecule has 0 aromatic heterocycles. The van der Waals surface area contributed by atoms with E-state index in [1.54, 1.807) is 31.2 Å². The molecule has 0 amide bonds. The Labute approximate surface area is 142 Å². The van der Waals surface area contributed by atoms with Crippen LogP contribution in [-0.4, -0.2) is 12.1 Å². The third kappa shape index (κ3) is 4.85. The van der Waals surface area contributed by atoms with Gasteiger partial charge in [-0.25, -0.2) is 4.79 Å². The average Bonchev–Trinajstić information content (AvgIpc) is 2.60. The summed E-state index contributed by atoms with van der Waals surface area (Å²) in [6.45, 7) is 6.13. The van der Waals surface area contributed by atoms with Crippen molar-refractivity contribution >= 4 is 5.97 Å². The fourth-order valence-corrected chi connectivity index (χ4v) is 2.13. The third-order valence-electron chi connectivity index (χ3n) is 3.66. The van der Waals surface area contributed by atoms with E-state index in [4.69, 9.17) is 14.7 Å². The van der Waals surface area contributed by atoms with Gasteiger partial charge in [-0.3, -0.25) is 0 Å². The molecule has 0 N–H and O–H groups in total. The molecule has 124 valence electrons. The van der Waals surface area contributed by atoms with E-state index >= 15 is 0 Å². The predicted molar refractivity (Wildman–Crippen MR) is 91.6 cm³/mol. The maximum Gasteiger partial charge on any atom is 0.347 e. The molecule has 24 heavy (non-hydrogen) atoms. The second-order valence-corrected chi connectivity index (χ2v) is 5.90. The zero-order valence-electron chi connectivity index (χ0n) is 14.2. The summed E-state index contributed by atoms with van der Waals surface area (Å²) >= 11 is 0. The lowest BCUT2D eigenvalue weighted by atomic mass is 10.0. The lowest BCUT2D eigenvalue weighted by molar-refractivity contribution is -0.152. The van der Waals surface area contributed by atoms with Gasteiger partial charge in [-0.2, -0.15) is 5.26 Å². The lowest BCUT2D eigenvalue weighted by Crippen LogP contribution is -2.26. The molecule has 0 aliphatic carbocycles. The van der Waals surface area contributed by atoms with Crippen LogP contribution in [0.3, 0.4) is 0 Å². The minimum Gasteiger partial charge on any atom is -0.479 e. The number of nitriles is 1. The van der Waals surface area contributed by atoms with Crippen LogP contribution in [0.1, 0.15) is 43.4 Å². The number of benzene rings is 2. The minimum atomic E-state index is -0.715. The van der Waals surface area contributed by atoms with Crippen molar-refractivity contribution in [2.45, 2.75) is 39.4 Å². The zero-order chi connectivity index (χ0) is 17.5. The highest BCUT2D eigenvalue weighted by Gasteiger charge is 2.16. The molecule has 0 saturated carbocycles. The van der Waals surface area contributed by atoms with Crippen LogP contribution < -0.4 is 4.74 Å². The molecule has 2 aromatic carbocycles. The summed E-state index contributed by atoms with van der Waals surface area (Å²) in [5, 5.41) is 8.76. The number of hydrogen-bond acceptors (Lipinski definition) is 4. The van der Waals surface area contributed by atoms with E-state index in [-0.39, 0.29) is 6.61 Å². The first-order valence-electron chi connectivity index (χ1n) is 7.92. The van der Waals surface area contributed by atoms with Crippen molar-refractivity contribution in [3.8, 4) is 11.8 Å². The Bertz CT molecular complexity index is 712. The van der Waals surface area contributed by atoms with Crippen LogP contribution in [0.5, 0.6) is 5.75 Å². The largest absolute Gasteiger partial charge is 0.479 e. The Kier molecular flexibility index (Phi) is 5.97. The van der Waals surface area contributed by atoms with E-state index in [0.717, 1.165) is 5.56 Å². The molecular formula is C20H21NO3. The van der Waals surface area contributed by atoms with Crippen LogP contribution in [-0.2, 0) is 16.1 Å². The first-order chi connectivity index (χ1) is 11.5. The number of hydrogen-bond donors (Lipinski definition) is 0. The Balaban J connectivity index is 1.85. The number of nitrogens with zero attached hydrogens (tertiary/aromatic N) is 1. The molecule has 0 aliphatic rings. The van der Waals surface area contributed by atoms with E-state index in [2.05, 4.69) is 13.8 Å². The lowest BCUT2D eigenvalue weighted by Gasteiger charge is -2.14. The molecule has 4 heteroatoms. The van der Waals surface area contributed by atoms with Gasteiger partial charge in [0.15, 0.2) is 6.10 Å². The standard InChI is InChI=1S/C20H21NO3/c1-14(2)18-8-4-17(5-9-18)13-23-20(22)15(3)24-19-10-6-16(12-21)7-11-19/h4-11,14-15H,13H2,1-3H3/t15-/m0/s1. The van der Waals surface area contributed by atoms with Crippen molar-refractivity contribution in [1.82, 2.24) is 0 Å². The SMILES string of the molecule is CC(C)c1ccc(COC(=O)[C@H](C)Oc2ccc(C#N)cc2)cc1. The van der Waals surface area contributed by atoms with Gasteiger partial charge in [0, 0.05) is 0 Å². The summed E-state index contributed by atoms with van der Waals surface area (Å²) in [6.07, 6.45) is -0.715. The van der Waals surface area contributed by atoms with Gasteiger partial charge in [0.1, 0.15) is 12.4 Å². The van der Waals surface area contributed by atoms with Gasteiger partial charge in [-0.1, -0.05) is 38.1 Å². The van der Waals surface area contributed by atoms with Crippen molar-refractivity contribution in [3.63, 3.8) is 0 Å². The maximum atomic E-state index is 12.0. The molecule has 0 radical (unpaired) electrons. The maximum absolute atomic E-state index is 12.0. The summed E-state index contributed by atoms with van der Waals surface area (Å²) in [5.74, 6) is 0.578. The van der Waals surface area contributed by atoms with E-state index in [0.29, 0.717) is 17.2 Å². The van der Waals surface area contributed by atoms with E-state index in [1.807, 2.05) is 30.3 Å². The Morgan fingerprint density at radius 2 is 1.67 bits per heavy atom. The molecule has 1 atom stereocenters. The second-order valence-electron chi connectivity index (χ2n) is 5.90. The van der Waals surface area contributed by atoms with Crippen LogP contribution in [0.2, 0.25) is 0 Å². The van der Waals surface area contributed by atoms with Crippen LogP contribution in [0.15, 0.2) is 48.5 Å². The molecule has 0 unspecified atom stereocenters. The summed E-state index contributed by atoms with van der Waals surface area (Å²) in [7, 11) is 0. The summed E-state index contributed by atoms with van der Waals surface area (Å²) in [6, 6.07) is 16.7.